The third-order valence-corrected chi connectivity index (χ3v) is 3.60. The van der Waals surface area contributed by atoms with Crippen molar-refractivity contribution in [3.8, 4) is 11.5 Å². The van der Waals surface area contributed by atoms with Crippen LogP contribution in [0.3, 0.4) is 0 Å². The van der Waals surface area contributed by atoms with Gasteiger partial charge in [-0.2, -0.15) is 0 Å². The maximum atomic E-state index is 9.57. The molecule has 94 valence electrons. The van der Waals surface area contributed by atoms with Crippen molar-refractivity contribution in [1.29, 1.82) is 0 Å². The van der Waals surface area contributed by atoms with Gasteiger partial charge in [-0.25, -0.2) is 0 Å². The van der Waals surface area contributed by atoms with E-state index in [-0.39, 0.29) is 11.5 Å². The lowest BCUT2D eigenvalue weighted by Crippen LogP contribution is -2.50. The van der Waals surface area contributed by atoms with Crippen molar-refractivity contribution in [1.82, 2.24) is 0 Å². The van der Waals surface area contributed by atoms with Crippen molar-refractivity contribution in [2.75, 3.05) is 20.8 Å². The summed E-state index contributed by atoms with van der Waals surface area (Å²) >= 11 is 0. The van der Waals surface area contributed by atoms with Crippen LogP contribution in [0.5, 0.6) is 11.5 Å². The second-order valence-electron chi connectivity index (χ2n) is 4.58. The molecule has 0 spiro atoms. The van der Waals surface area contributed by atoms with E-state index in [2.05, 4.69) is 0 Å². The predicted octanol–water partition coefficient (Wildman–Crippen LogP) is 1.05. The van der Waals surface area contributed by atoms with E-state index in [9.17, 15) is 5.11 Å². The van der Waals surface area contributed by atoms with Gasteiger partial charge in [0.25, 0.3) is 0 Å². The molecule has 0 atom stereocenters. The highest BCUT2D eigenvalue weighted by Gasteiger charge is 2.47. The predicted molar refractivity (Wildman–Crippen MR) is 65.5 cm³/mol. The summed E-state index contributed by atoms with van der Waals surface area (Å²) in [7, 11) is 3.27. The Kier molecular flexibility index (Phi) is 3.26. The van der Waals surface area contributed by atoms with E-state index in [1.54, 1.807) is 14.2 Å². The molecule has 4 nitrogen and oxygen atoms in total. The Morgan fingerprint density at radius 1 is 1.29 bits per heavy atom. The molecule has 0 heterocycles. The molecule has 1 saturated carbocycles. The van der Waals surface area contributed by atoms with Gasteiger partial charge in [0, 0.05) is 17.5 Å². The molecule has 0 saturated heterocycles. The van der Waals surface area contributed by atoms with Gasteiger partial charge in [0.1, 0.15) is 11.5 Å². The second kappa shape index (κ2) is 4.55. The normalized spacial score (nSPS) is 27.4. The maximum absolute atomic E-state index is 9.57. The Balaban J connectivity index is 2.48. The summed E-state index contributed by atoms with van der Waals surface area (Å²) in [6, 6.07) is 5.69. The fourth-order valence-electron chi connectivity index (χ4n) is 2.69. The molecule has 0 unspecified atom stereocenters. The van der Waals surface area contributed by atoms with Crippen LogP contribution in [0.1, 0.15) is 18.4 Å². The number of aliphatic hydroxyl groups is 1. The molecule has 0 amide bonds. The van der Waals surface area contributed by atoms with Crippen LogP contribution < -0.4 is 15.2 Å². The lowest BCUT2D eigenvalue weighted by Gasteiger charge is -2.46. The van der Waals surface area contributed by atoms with Crippen LogP contribution in [0.15, 0.2) is 18.2 Å². The minimum Gasteiger partial charge on any atom is -0.496 e. The van der Waals surface area contributed by atoms with Gasteiger partial charge in [-0.15, -0.1) is 0 Å². The van der Waals surface area contributed by atoms with Crippen molar-refractivity contribution < 1.29 is 14.6 Å². The Morgan fingerprint density at radius 2 is 1.82 bits per heavy atom. The van der Waals surface area contributed by atoms with Crippen molar-refractivity contribution in [2.24, 2.45) is 5.73 Å². The van der Waals surface area contributed by atoms with Crippen LogP contribution in [0.4, 0.5) is 0 Å². The van der Waals surface area contributed by atoms with Gasteiger partial charge in [0.05, 0.1) is 20.3 Å². The van der Waals surface area contributed by atoms with E-state index in [1.165, 1.54) is 0 Å². The van der Waals surface area contributed by atoms with Gasteiger partial charge in [-0.1, -0.05) is 6.07 Å². The SMILES string of the molecule is COc1cccc(OC)c1C1(CN)CC(O)C1. The maximum Gasteiger partial charge on any atom is 0.126 e. The monoisotopic (exact) mass is 237 g/mol. The molecular weight excluding hydrogens is 218 g/mol. The number of hydrogen-bond acceptors (Lipinski definition) is 4. The van der Waals surface area contributed by atoms with Gasteiger partial charge >= 0.3 is 0 Å². The Bertz CT molecular complexity index is 377. The zero-order chi connectivity index (χ0) is 12.5. The van der Waals surface area contributed by atoms with Crippen LogP contribution in [-0.2, 0) is 5.41 Å². The molecule has 2 rings (SSSR count). The fourth-order valence-corrected chi connectivity index (χ4v) is 2.69. The Hall–Kier alpha value is -1.26. The van der Waals surface area contributed by atoms with E-state index in [0.717, 1.165) is 17.1 Å². The number of benzene rings is 1. The standard InChI is InChI=1S/C13H19NO3/c1-16-10-4-3-5-11(17-2)12(10)13(8-14)6-9(15)7-13/h3-5,9,15H,6-8,14H2,1-2H3. The Morgan fingerprint density at radius 3 is 2.18 bits per heavy atom. The van der Waals surface area contributed by atoms with Gasteiger partial charge in [0.15, 0.2) is 0 Å². The zero-order valence-corrected chi connectivity index (χ0v) is 10.3. The number of ether oxygens (including phenoxy) is 2. The zero-order valence-electron chi connectivity index (χ0n) is 10.3. The molecule has 1 aromatic carbocycles. The van der Waals surface area contributed by atoms with Gasteiger partial charge in [0.2, 0.25) is 0 Å². The van der Waals surface area contributed by atoms with Crippen molar-refractivity contribution in [3.05, 3.63) is 23.8 Å². The topological polar surface area (TPSA) is 64.7 Å². The van der Waals surface area contributed by atoms with E-state index >= 15 is 0 Å². The quantitative estimate of drug-likeness (QED) is 0.821. The van der Waals surface area contributed by atoms with Crippen LogP contribution in [0.25, 0.3) is 0 Å². The number of nitrogens with two attached hydrogens (primary N) is 1. The molecule has 1 fully saturated rings. The summed E-state index contributed by atoms with van der Waals surface area (Å²) in [6.45, 7) is 0.487. The lowest BCUT2D eigenvalue weighted by molar-refractivity contribution is 0.0199. The second-order valence-corrected chi connectivity index (χ2v) is 4.58. The van der Waals surface area contributed by atoms with E-state index in [1.807, 2.05) is 18.2 Å². The van der Waals surface area contributed by atoms with E-state index in [4.69, 9.17) is 15.2 Å². The third kappa shape index (κ3) is 1.87. The van der Waals surface area contributed by atoms with E-state index in [0.29, 0.717) is 19.4 Å². The number of aliphatic hydroxyl groups excluding tert-OH is 1. The summed E-state index contributed by atoms with van der Waals surface area (Å²) in [5.41, 5.74) is 6.66. The van der Waals surface area contributed by atoms with Crippen LogP contribution >= 0.6 is 0 Å². The van der Waals surface area contributed by atoms with Crippen LogP contribution in [0.2, 0.25) is 0 Å². The van der Waals surface area contributed by atoms with Gasteiger partial charge in [-0.3, -0.25) is 0 Å². The molecule has 0 aliphatic heterocycles. The molecule has 0 aromatic heterocycles. The minimum atomic E-state index is -0.270. The molecular formula is C13H19NO3. The van der Waals surface area contributed by atoms with Crippen LogP contribution in [-0.4, -0.2) is 32.0 Å². The first-order valence-corrected chi connectivity index (χ1v) is 5.76. The van der Waals surface area contributed by atoms with Crippen molar-refractivity contribution >= 4 is 0 Å². The average molecular weight is 237 g/mol. The summed E-state index contributed by atoms with van der Waals surface area (Å²) in [5.74, 6) is 1.56. The largest absolute Gasteiger partial charge is 0.496 e. The fraction of sp³-hybridized carbons (Fsp3) is 0.538. The third-order valence-electron chi connectivity index (χ3n) is 3.60. The first-order chi connectivity index (χ1) is 8.16. The number of hydrogen-bond donors (Lipinski definition) is 2. The highest BCUT2D eigenvalue weighted by atomic mass is 16.5. The van der Waals surface area contributed by atoms with Gasteiger partial charge < -0.3 is 20.3 Å². The van der Waals surface area contributed by atoms with Gasteiger partial charge in [-0.05, 0) is 25.0 Å². The first kappa shape index (κ1) is 12.2. The summed E-state index contributed by atoms with van der Waals surface area (Å²) in [4.78, 5) is 0. The molecule has 3 N–H and O–H groups in total. The molecule has 0 bridgehead atoms. The van der Waals surface area contributed by atoms with Crippen molar-refractivity contribution in [3.63, 3.8) is 0 Å². The Labute approximate surface area is 101 Å². The molecule has 17 heavy (non-hydrogen) atoms. The molecule has 1 aromatic rings. The summed E-state index contributed by atoms with van der Waals surface area (Å²) in [5, 5.41) is 9.57. The number of methoxy groups -OCH3 is 2. The van der Waals surface area contributed by atoms with E-state index < -0.39 is 0 Å². The van der Waals surface area contributed by atoms with Crippen LogP contribution in [0, 0.1) is 0 Å². The van der Waals surface area contributed by atoms with Crippen molar-refractivity contribution in [2.45, 2.75) is 24.4 Å². The minimum absolute atomic E-state index is 0.211. The summed E-state index contributed by atoms with van der Waals surface area (Å²) < 4.78 is 10.8. The molecule has 1 aliphatic carbocycles. The lowest BCUT2D eigenvalue weighted by atomic mass is 9.62. The summed E-state index contributed by atoms with van der Waals surface area (Å²) in [6.07, 6.45) is 1.06. The number of rotatable bonds is 4. The average Bonchev–Trinajstić information content (AvgIpc) is 2.33. The highest BCUT2D eigenvalue weighted by molar-refractivity contribution is 5.51. The smallest absolute Gasteiger partial charge is 0.126 e. The molecule has 4 heteroatoms. The first-order valence-electron chi connectivity index (χ1n) is 5.76. The molecule has 1 aliphatic rings. The highest BCUT2D eigenvalue weighted by Crippen LogP contribution is 2.50. The molecule has 0 radical (unpaired) electrons.